The Balaban J connectivity index is 2.82. The number of rotatable bonds is 4. The smallest absolute Gasteiger partial charge is 0.171 e. The Hall–Kier alpha value is -0.450. The predicted molar refractivity (Wildman–Crippen MR) is 62.2 cm³/mol. The average molecular weight is 229 g/mol. The lowest BCUT2D eigenvalue weighted by atomic mass is 9.80. The van der Waals surface area contributed by atoms with E-state index in [0.717, 1.165) is 0 Å². The molecule has 0 aliphatic carbocycles. The number of methoxy groups -OCH3 is 1. The molecule has 1 fully saturated rings. The van der Waals surface area contributed by atoms with E-state index in [4.69, 9.17) is 15.2 Å². The lowest BCUT2D eigenvalue weighted by Gasteiger charge is -2.29. The fraction of sp³-hybridized carbons (Fsp3) is 0.917. The van der Waals surface area contributed by atoms with Gasteiger partial charge in [-0.25, -0.2) is 0 Å². The molecule has 16 heavy (non-hydrogen) atoms. The molecule has 0 amide bonds. The molecule has 0 bridgehead atoms. The number of carbonyl (C=O) groups excluding carboxylic acids is 1. The molecule has 0 radical (unpaired) electrons. The molecule has 2 atom stereocenters. The molecule has 1 heterocycles. The van der Waals surface area contributed by atoms with Crippen molar-refractivity contribution in [2.24, 2.45) is 11.7 Å². The van der Waals surface area contributed by atoms with E-state index in [-0.39, 0.29) is 17.7 Å². The minimum absolute atomic E-state index is 0.0982. The van der Waals surface area contributed by atoms with Crippen molar-refractivity contribution in [3.05, 3.63) is 0 Å². The van der Waals surface area contributed by atoms with Gasteiger partial charge in [-0.1, -0.05) is 0 Å². The van der Waals surface area contributed by atoms with E-state index in [9.17, 15) is 4.79 Å². The molecule has 0 saturated carbocycles. The minimum atomic E-state index is -0.723. The van der Waals surface area contributed by atoms with E-state index in [0.29, 0.717) is 13.0 Å². The molecule has 4 nitrogen and oxygen atoms in total. The van der Waals surface area contributed by atoms with Gasteiger partial charge in [0.1, 0.15) is 5.60 Å². The van der Waals surface area contributed by atoms with Gasteiger partial charge in [-0.3, -0.25) is 4.79 Å². The van der Waals surface area contributed by atoms with Crippen molar-refractivity contribution in [1.82, 2.24) is 0 Å². The zero-order chi connectivity index (χ0) is 12.6. The third kappa shape index (κ3) is 2.44. The lowest BCUT2D eigenvalue weighted by Crippen LogP contribution is -2.45. The summed E-state index contributed by atoms with van der Waals surface area (Å²) < 4.78 is 10.8. The summed E-state index contributed by atoms with van der Waals surface area (Å²) in [5.41, 5.74) is 4.86. The third-order valence-corrected chi connectivity index (χ3v) is 3.23. The highest BCUT2D eigenvalue weighted by Crippen LogP contribution is 2.40. The van der Waals surface area contributed by atoms with Gasteiger partial charge in [0.2, 0.25) is 0 Å². The van der Waals surface area contributed by atoms with Crippen molar-refractivity contribution in [2.45, 2.75) is 51.4 Å². The monoisotopic (exact) mass is 229 g/mol. The molecular weight excluding hydrogens is 206 g/mol. The number of nitrogens with two attached hydrogens (primary N) is 1. The number of ketones is 1. The molecule has 1 saturated heterocycles. The first-order valence-corrected chi connectivity index (χ1v) is 5.71. The van der Waals surface area contributed by atoms with Crippen LogP contribution in [0.2, 0.25) is 0 Å². The molecule has 2 unspecified atom stereocenters. The van der Waals surface area contributed by atoms with Crippen LogP contribution in [0, 0.1) is 5.92 Å². The fourth-order valence-electron chi connectivity index (χ4n) is 2.59. The Bertz CT molecular complexity index is 273. The number of hydrogen-bond donors (Lipinski definition) is 1. The second-order valence-electron chi connectivity index (χ2n) is 5.50. The van der Waals surface area contributed by atoms with Crippen molar-refractivity contribution in [2.75, 3.05) is 13.7 Å². The summed E-state index contributed by atoms with van der Waals surface area (Å²) in [7, 11) is 1.63. The molecule has 4 heteroatoms. The van der Waals surface area contributed by atoms with Gasteiger partial charge < -0.3 is 15.2 Å². The van der Waals surface area contributed by atoms with Gasteiger partial charge in [0.15, 0.2) is 5.78 Å². The summed E-state index contributed by atoms with van der Waals surface area (Å²) in [5, 5.41) is 0. The second-order valence-corrected chi connectivity index (χ2v) is 5.50. The van der Waals surface area contributed by atoms with E-state index in [1.807, 2.05) is 13.8 Å². The van der Waals surface area contributed by atoms with Crippen molar-refractivity contribution >= 4 is 5.78 Å². The van der Waals surface area contributed by atoms with E-state index in [1.54, 1.807) is 21.0 Å². The Morgan fingerprint density at radius 1 is 1.44 bits per heavy atom. The standard InChI is InChI=1S/C12H23NO3/c1-11(2)9(8(13)6-7-15-5)10(14)12(3,4)16-11/h8-9H,6-7,13H2,1-5H3. The molecule has 0 aromatic carbocycles. The Morgan fingerprint density at radius 3 is 2.38 bits per heavy atom. The highest BCUT2D eigenvalue weighted by Gasteiger charge is 2.55. The lowest BCUT2D eigenvalue weighted by molar-refractivity contribution is -0.132. The van der Waals surface area contributed by atoms with Crippen LogP contribution in [0.25, 0.3) is 0 Å². The van der Waals surface area contributed by atoms with Gasteiger partial charge in [0.05, 0.1) is 11.5 Å². The molecule has 1 aliphatic rings. The molecule has 1 rings (SSSR count). The summed E-state index contributed by atoms with van der Waals surface area (Å²) in [6.07, 6.45) is 0.676. The van der Waals surface area contributed by atoms with Gasteiger partial charge in [0, 0.05) is 19.8 Å². The van der Waals surface area contributed by atoms with Crippen LogP contribution in [0.15, 0.2) is 0 Å². The van der Waals surface area contributed by atoms with Crippen molar-refractivity contribution < 1.29 is 14.3 Å². The number of carbonyl (C=O) groups is 1. The van der Waals surface area contributed by atoms with Crippen LogP contribution in [0.4, 0.5) is 0 Å². The minimum Gasteiger partial charge on any atom is -0.385 e. The van der Waals surface area contributed by atoms with E-state index in [2.05, 4.69) is 0 Å². The van der Waals surface area contributed by atoms with Crippen LogP contribution in [-0.4, -0.2) is 36.7 Å². The zero-order valence-corrected chi connectivity index (χ0v) is 10.9. The summed E-state index contributed by atoms with van der Waals surface area (Å²) in [5.74, 6) is -0.154. The average Bonchev–Trinajstić information content (AvgIpc) is 2.27. The summed E-state index contributed by atoms with van der Waals surface area (Å²) >= 11 is 0. The SMILES string of the molecule is COCCC(N)C1C(=O)C(C)(C)OC1(C)C. The highest BCUT2D eigenvalue weighted by molar-refractivity contribution is 5.92. The van der Waals surface area contributed by atoms with Crippen LogP contribution in [0.1, 0.15) is 34.1 Å². The van der Waals surface area contributed by atoms with Gasteiger partial charge >= 0.3 is 0 Å². The maximum atomic E-state index is 12.2. The summed E-state index contributed by atoms with van der Waals surface area (Å²) in [6.45, 7) is 8.04. The zero-order valence-electron chi connectivity index (χ0n) is 10.9. The van der Waals surface area contributed by atoms with Crippen LogP contribution < -0.4 is 5.73 Å². The quantitative estimate of drug-likeness (QED) is 0.784. The van der Waals surface area contributed by atoms with Crippen molar-refractivity contribution in [3.63, 3.8) is 0 Å². The van der Waals surface area contributed by atoms with Gasteiger partial charge in [-0.2, -0.15) is 0 Å². The third-order valence-electron chi connectivity index (χ3n) is 3.23. The molecular formula is C12H23NO3. The van der Waals surface area contributed by atoms with Crippen LogP contribution in [0.5, 0.6) is 0 Å². The van der Waals surface area contributed by atoms with Gasteiger partial charge in [-0.05, 0) is 34.1 Å². The molecule has 94 valence electrons. The van der Waals surface area contributed by atoms with E-state index >= 15 is 0 Å². The van der Waals surface area contributed by atoms with Gasteiger partial charge in [0.25, 0.3) is 0 Å². The predicted octanol–water partition coefficient (Wildman–Crippen LogP) is 1.12. The van der Waals surface area contributed by atoms with Crippen LogP contribution >= 0.6 is 0 Å². The second kappa shape index (κ2) is 4.43. The maximum absolute atomic E-state index is 12.2. The first-order valence-electron chi connectivity index (χ1n) is 5.71. The molecule has 0 aromatic rings. The largest absolute Gasteiger partial charge is 0.385 e. The summed E-state index contributed by atoms with van der Waals surface area (Å²) in [4.78, 5) is 12.2. The highest BCUT2D eigenvalue weighted by atomic mass is 16.5. The van der Waals surface area contributed by atoms with Crippen LogP contribution in [-0.2, 0) is 14.3 Å². The first kappa shape index (κ1) is 13.6. The van der Waals surface area contributed by atoms with Crippen molar-refractivity contribution in [1.29, 1.82) is 0 Å². The Labute approximate surface area is 97.5 Å². The Kier molecular flexibility index (Phi) is 3.77. The maximum Gasteiger partial charge on any atom is 0.171 e. The molecule has 0 aromatic heterocycles. The molecule has 0 spiro atoms. The number of ether oxygens (including phenoxy) is 2. The first-order chi connectivity index (χ1) is 7.22. The fourth-order valence-corrected chi connectivity index (χ4v) is 2.59. The molecule has 1 aliphatic heterocycles. The summed E-state index contributed by atoms with van der Waals surface area (Å²) in [6, 6.07) is -0.204. The van der Waals surface area contributed by atoms with Gasteiger partial charge in [-0.15, -0.1) is 0 Å². The number of Topliss-reactive ketones (excluding diaryl/α,β-unsaturated/α-hetero) is 1. The van der Waals surface area contributed by atoms with Crippen LogP contribution in [0.3, 0.4) is 0 Å². The topological polar surface area (TPSA) is 61.5 Å². The number of hydrogen-bond acceptors (Lipinski definition) is 4. The van der Waals surface area contributed by atoms with E-state index < -0.39 is 11.2 Å². The van der Waals surface area contributed by atoms with E-state index in [1.165, 1.54) is 0 Å². The van der Waals surface area contributed by atoms with Crippen molar-refractivity contribution in [3.8, 4) is 0 Å². The molecule has 2 N–H and O–H groups in total. The Morgan fingerprint density at radius 2 is 2.00 bits per heavy atom. The normalized spacial score (nSPS) is 29.4.